The monoisotopic (exact) mass is 262 g/mol. The van der Waals surface area contributed by atoms with E-state index in [9.17, 15) is 4.79 Å². The fraction of sp³-hybridized carbons (Fsp3) is 0.231. The number of hydrogen-bond acceptors (Lipinski definition) is 4. The van der Waals surface area contributed by atoms with Gasteiger partial charge in [0, 0.05) is 5.38 Å². The molecule has 1 amide bonds. The van der Waals surface area contributed by atoms with Crippen LogP contribution in [0.2, 0.25) is 0 Å². The lowest BCUT2D eigenvalue weighted by Crippen LogP contribution is -2.30. The summed E-state index contributed by atoms with van der Waals surface area (Å²) in [5, 5.41) is 5.21. The molecule has 0 fully saturated rings. The fourth-order valence-electron chi connectivity index (χ4n) is 1.38. The molecule has 94 valence electrons. The third-order valence-corrected chi connectivity index (χ3v) is 3.15. The first kappa shape index (κ1) is 12.6. The van der Waals surface area contributed by atoms with Gasteiger partial charge in [0.15, 0.2) is 11.2 Å². The van der Waals surface area contributed by atoms with Crippen LogP contribution >= 0.6 is 11.3 Å². The van der Waals surface area contributed by atoms with E-state index in [2.05, 4.69) is 10.3 Å². The minimum absolute atomic E-state index is 0.201. The maximum absolute atomic E-state index is 11.9. The van der Waals surface area contributed by atoms with Crippen LogP contribution in [0.5, 0.6) is 5.75 Å². The molecule has 1 atom stereocenters. The van der Waals surface area contributed by atoms with Crippen LogP contribution in [-0.2, 0) is 4.79 Å². The molecule has 0 aliphatic heterocycles. The van der Waals surface area contributed by atoms with Gasteiger partial charge >= 0.3 is 0 Å². The predicted octanol–water partition coefficient (Wildman–Crippen LogP) is 2.86. The number of carbonyl (C=O) groups is 1. The number of anilines is 1. The zero-order valence-corrected chi connectivity index (χ0v) is 11.0. The van der Waals surface area contributed by atoms with Crippen molar-refractivity contribution in [2.24, 2.45) is 0 Å². The highest BCUT2D eigenvalue weighted by Gasteiger charge is 2.15. The first-order valence-electron chi connectivity index (χ1n) is 5.60. The minimum Gasteiger partial charge on any atom is -0.481 e. The number of para-hydroxylation sites is 1. The van der Waals surface area contributed by atoms with Crippen molar-refractivity contribution in [1.82, 2.24) is 4.98 Å². The Morgan fingerprint density at radius 3 is 2.72 bits per heavy atom. The van der Waals surface area contributed by atoms with Crippen molar-refractivity contribution in [3.05, 3.63) is 41.4 Å². The smallest absolute Gasteiger partial charge is 0.266 e. The number of amides is 1. The van der Waals surface area contributed by atoms with Crippen LogP contribution in [-0.4, -0.2) is 17.0 Å². The molecular weight excluding hydrogens is 248 g/mol. The molecule has 18 heavy (non-hydrogen) atoms. The summed E-state index contributed by atoms with van der Waals surface area (Å²) in [6, 6.07) is 9.26. The van der Waals surface area contributed by atoms with E-state index in [1.807, 2.05) is 42.6 Å². The van der Waals surface area contributed by atoms with Crippen molar-refractivity contribution in [2.75, 3.05) is 5.32 Å². The van der Waals surface area contributed by atoms with Gasteiger partial charge in [0.1, 0.15) is 5.75 Å². The number of thiazole rings is 1. The van der Waals surface area contributed by atoms with Crippen molar-refractivity contribution < 1.29 is 9.53 Å². The van der Waals surface area contributed by atoms with Crippen LogP contribution in [0, 0.1) is 6.92 Å². The van der Waals surface area contributed by atoms with E-state index in [4.69, 9.17) is 4.74 Å². The highest BCUT2D eigenvalue weighted by atomic mass is 32.1. The Morgan fingerprint density at radius 1 is 1.39 bits per heavy atom. The van der Waals surface area contributed by atoms with Crippen LogP contribution < -0.4 is 10.1 Å². The van der Waals surface area contributed by atoms with Gasteiger partial charge in [-0.25, -0.2) is 4.98 Å². The topological polar surface area (TPSA) is 51.2 Å². The lowest BCUT2D eigenvalue weighted by Gasteiger charge is -2.13. The SMILES string of the molecule is Cc1csc(NC(=O)[C@@H](C)Oc2ccccc2)n1. The number of carbonyl (C=O) groups excluding carboxylic acids is 1. The Hall–Kier alpha value is -1.88. The quantitative estimate of drug-likeness (QED) is 0.921. The minimum atomic E-state index is -0.559. The molecule has 2 aromatic rings. The summed E-state index contributed by atoms with van der Waals surface area (Å²) in [6.45, 7) is 3.60. The average Bonchev–Trinajstić information content (AvgIpc) is 2.76. The number of aromatic nitrogens is 1. The van der Waals surface area contributed by atoms with Crippen LogP contribution in [0.1, 0.15) is 12.6 Å². The third-order valence-electron chi connectivity index (χ3n) is 2.27. The molecule has 1 N–H and O–H groups in total. The lowest BCUT2D eigenvalue weighted by molar-refractivity contribution is -0.122. The summed E-state index contributed by atoms with van der Waals surface area (Å²) >= 11 is 1.40. The third kappa shape index (κ3) is 3.30. The van der Waals surface area contributed by atoms with Crippen molar-refractivity contribution in [3.8, 4) is 5.75 Å². The van der Waals surface area contributed by atoms with Gasteiger partial charge in [-0.2, -0.15) is 0 Å². The first-order chi connectivity index (χ1) is 8.65. The highest BCUT2D eigenvalue weighted by Crippen LogP contribution is 2.16. The summed E-state index contributed by atoms with van der Waals surface area (Å²) in [5.41, 5.74) is 0.895. The zero-order valence-electron chi connectivity index (χ0n) is 10.2. The second-order valence-corrected chi connectivity index (χ2v) is 4.71. The molecule has 0 unspecified atom stereocenters. The molecule has 0 spiro atoms. The van der Waals surface area contributed by atoms with Gasteiger partial charge in [-0.3, -0.25) is 10.1 Å². The van der Waals surface area contributed by atoms with Gasteiger partial charge in [0.05, 0.1) is 5.69 Å². The van der Waals surface area contributed by atoms with Crippen molar-refractivity contribution in [3.63, 3.8) is 0 Å². The number of ether oxygens (including phenoxy) is 1. The summed E-state index contributed by atoms with van der Waals surface area (Å²) in [4.78, 5) is 16.0. The molecule has 5 heteroatoms. The van der Waals surface area contributed by atoms with Gasteiger partial charge in [-0.1, -0.05) is 18.2 Å². The Balaban J connectivity index is 1.93. The molecule has 0 radical (unpaired) electrons. The van der Waals surface area contributed by atoms with E-state index in [-0.39, 0.29) is 5.91 Å². The van der Waals surface area contributed by atoms with E-state index in [1.54, 1.807) is 6.92 Å². The molecule has 2 rings (SSSR count). The molecule has 0 saturated carbocycles. The summed E-state index contributed by atoms with van der Waals surface area (Å²) in [5.74, 6) is 0.476. The molecule has 4 nitrogen and oxygen atoms in total. The van der Waals surface area contributed by atoms with E-state index in [0.29, 0.717) is 10.9 Å². The molecule has 0 bridgehead atoms. The number of nitrogens with zero attached hydrogens (tertiary/aromatic N) is 1. The van der Waals surface area contributed by atoms with E-state index in [1.165, 1.54) is 11.3 Å². The highest BCUT2D eigenvalue weighted by molar-refractivity contribution is 7.13. The van der Waals surface area contributed by atoms with E-state index in [0.717, 1.165) is 5.69 Å². The zero-order chi connectivity index (χ0) is 13.0. The van der Waals surface area contributed by atoms with Gasteiger partial charge in [0.2, 0.25) is 0 Å². The van der Waals surface area contributed by atoms with Crippen LogP contribution in [0.15, 0.2) is 35.7 Å². The second kappa shape index (κ2) is 5.64. The second-order valence-electron chi connectivity index (χ2n) is 3.86. The molecule has 1 aromatic heterocycles. The lowest BCUT2D eigenvalue weighted by atomic mass is 10.3. The number of rotatable bonds is 4. The van der Waals surface area contributed by atoms with E-state index >= 15 is 0 Å². The number of benzene rings is 1. The van der Waals surface area contributed by atoms with Gasteiger partial charge < -0.3 is 4.74 Å². The molecule has 0 aliphatic rings. The number of aryl methyl sites for hydroxylation is 1. The summed E-state index contributed by atoms with van der Waals surface area (Å²) in [7, 11) is 0. The Morgan fingerprint density at radius 2 is 2.11 bits per heavy atom. The van der Waals surface area contributed by atoms with Crippen LogP contribution in [0.3, 0.4) is 0 Å². The van der Waals surface area contributed by atoms with Crippen molar-refractivity contribution in [1.29, 1.82) is 0 Å². The molecular formula is C13H14N2O2S. The Kier molecular flexibility index (Phi) is 3.94. The normalized spacial score (nSPS) is 11.9. The summed E-state index contributed by atoms with van der Waals surface area (Å²) < 4.78 is 5.52. The largest absolute Gasteiger partial charge is 0.481 e. The average molecular weight is 262 g/mol. The van der Waals surface area contributed by atoms with Gasteiger partial charge in [-0.15, -0.1) is 11.3 Å². The fourth-order valence-corrected chi connectivity index (χ4v) is 2.07. The van der Waals surface area contributed by atoms with Gasteiger partial charge in [0.25, 0.3) is 5.91 Å². The molecule has 0 saturated heterocycles. The number of nitrogens with one attached hydrogen (secondary N) is 1. The molecule has 0 aliphatic carbocycles. The van der Waals surface area contributed by atoms with Gasteiger partial charge in [-0.05, 0) is 26.0 Å². The predicted molar refractivity (Wildman–Crippen MR) is 72.0 cm³/mol. The standard InChI is InChI=1S/C13H14N2O2S/c1-9-8-18-13(14-9)15-12(16)10(2)17-11-6-4-3-5-7-11/h3-8,10H,1-2H3,(H,14,15,16)/t10-/m1/s1. The number of hydrogen-bond donors (Lipinski definition) is 1. The maximum Gasteiger partial charge on any atom is 0.266 e. The van der Waals surface area contributed by atoms with Crippen LogP contribution in [0.25, 0.3) is 0 Å². The van der Waals surface area contributed by atoms with Crippen molar-refractivity contribution in [2.45, 2.75) is 20.0 Å². The van der Waals surface area contributed by atoms with E-state index < -0.39 is 6.10 Å². The summed E-state index contributed by atoms with van der Waals surface area (Å²) in [6.07, 6.45) is -0.559. The van der Waals surface area contributed by atoms with Crippen LogP contribution in [0.4, 0.5) is 5.13 Å². The molecule has 1 heterocycles. The van der Waals surface area contributed by atoms with Crippen molar-refractivity contribution >= 4 is 22.4 Å². The Bertz CT molecular complexity index is 525. The Labute approximate surface area is 110 Å². The maximum atomic E-state index is 11.9. The first-order valence-corrected chi connectivity index (χ1v) is 6.48. The molecule has 1 aromatic carbocycles.